The first-order valence-corrected chi connectivity index (χ1v) is 3.30. The lowest BCUT2D eigenvalue weighted by Crippen LogP contribution is -1.97. The minimum atomic E-state index is -1.25. The van der Waals surface area contributed by atoms with Gasteiger partial charge in [0.1, 0.15) is 6.10 Å². The van der Waals surface area contributed by atoms with E-state index in [0.29, 0.717) is 6.29 Å². The van der Waals surface area contributed by atoms with Crippen LogP contribution in [0.5, 0.6) is 11.5 Å². The fourth-order valence-corrected chi connectivity index (χ4v) is 0.803. The van der Waals surface area contributed by atoms with Crippen molar-refractivity contribution < 1.29 is 20.1 Å². The van der Waals surface area contributed by atoms with Crippen molar-refractivity contribution >= 4 is 6.29 Å². The van der Waals surface area contributed by atoms with E-state index in [1.165, 1.54) is 12.1 Å². The zero-order chi connectivity index (χ0) is 9.14. The van der Waals surface area contributed by atoms with Gasteiger partial charge in [0.15, 0.2) is 17.8 Å². The molecule has 0 heterocycles. The molecule has 0 unspecified atom stereocenters. The molecule has 0 radical (unpaired) electrons. The number of aliphatic hydroxyl groups excluding tert-OH is 1. The predicted molar refractivity (Wildman–Crippen MR) is 40.8 cm³/mol. The second-order valence-corrected chi connectivity index (χ2v) is 2.33. The number of aromatic hydroxyl groups is 2. The first kappa shape index (κ1) is 8.55. The summed E-state index contributed by atoms with van der Waals surface area (Å²) < 4.78 is 0. The largest absolute Gasteiger partial charge is 0.504 e. The fourth-order valence-electron chi connectivity index (χ4n) is 0.803. The SMILES string of the molecule is O=C[C@@H](O)c1ccc(O)c(O)c1. The molecule has 0 saturated heterocycles. The normalized spacial score (nSPS) is 12.4. The molecule has 64 valence electrons. The Hall–Kier alpha value is -1.55. The van der Waals surface area contributed by atoms with Crippen molar-refractivity contribution in [1.29, 1.82) is 0 Å². The summed E-state index contributed by atoms with van der Waals surface area (Å²) in [4.78, 5) is 10.1. The van der Waals surface area contributed by atoms with Crippen LogP contribution >= 0.6 is 0 Å². The summed E-state index contributed by atoms with van der Waals surface area (Å²) in [6.45, 7) is 0. The summed E-state index contributed by atoms with van der Waals surface area (Å²) in [5.74, 6) is -0.634. The summed E-state index contributed by atoms with van der Waals surface area (Å²) in [6, 6.07) is 3.69. The molecule has 4 heteroatoms. The highest BCUT2D eigenvalue weighted by molar-refractivity contribution is 5.60. The van der Waals surface area contributed by atoms with Gasteiger partial charge in [0.05, 0.1) is 0 Å². The Kier molecular flexibility index (Phi) is 2.30. The van der Waals surface area contributed by atoms with Gasteiger partial charge in [-0.25, -0.2) is 0 Å². The van der Waals surface area contributed by atoms with Crippen molar-refractivity contribution in [2.75, 3.05) is 0 Å². The molecule has 0 bridgehead atoms. The first-order chi connectivity index (χ1) is 5.65. The van der Waals surface area contributed by atoms with Gasteiger partial charge < -0.3 is 20.1 Å². The monoisotopic (exact) mass is 168 g/mol. The number of aliphatic hydroxyl groups is 1. The molecule has 0 aliphatic heterocycles. The van der Waals surface area contributed by atoms with E-state index in [0.717, 1.165) is 6.07 Å². The number of hydrogen-bond acceptors (Lipinski definition) is 4. The van der Waals surface area contributed by atoms with Crippen molar-refractivity contribution in [3.05, 3.63) is 23.8 Å². The minimum absolute atomic E-state index is 0.250. The molecule has 0 aliphatic rings. The third-order valence-electron chi connectivity index (χ3n) is 1.47. The van der Waals surface area contributed by atoms with Gasteiger partial charge in [-0.15, -0.1) is 0 Å². The lowest BCUT2D eigenvalue weighted by molar-refractivity contribution is -0.115. The Morgan fingerprint density at radius 1 is 1.25 bits per heavy atom. The molecule has 0 fully saturated rings. The van der Waals surface area contributed by atoms with Crippen molar-refractivity contribution in [3.8, 4) is 11.5 Å². The van der Waals surface area contributed by atoms with Crippen molar-refractivity contribution in [3.63, 3.8) is 0 Å². The number of phenolic OH excluding ortho intramolecular Hbond substituents is 2. The maximum absolute atomic E-state index is 10.1. The average Bonchev–Trinajstić information content (AvgIpc) is 2.08. The summed E-state index contributed by atoms with van der Waals surface area (Å²) in [6.07, 6.45) is -0.914. The molecular formula is C8H8O4. The second kappa shape index (κ2) is 3.23. The zero-order valence-corrected chi connectivity index (χ0v) is 6.14. The third kappa shape index (κ3) is 1.54. The highest BCUT2D eigenvalue weighted by atomic mass is 16.3. The number of carbonyl (C=O) groups excluding carboxylic acids is 1. The molecule has 1 atom stereocenters. The highest BCUT2D eigenvalue weighted by Gasteiger charge is 2.07. The van der Waals surface area contributed by atoms with E-state index in [1.54, 1.807) is 0 Å². The van der Waals surface area contributed by atoms with Gasteiger partial charge in [0.25, 0.3) is 0 Å². The van der Waals surface area contributed by atoms with Crippen molar-refractivity contribution in [2.45, 2.75) is 6.10 Å². The van der Waals surface area contributed by atoms with E-state index in [2.05, 4.69) is 0 Å². The average molecular weight is 168 g/mol. The molecule has 0 aliphatic carbocycles. The van der Waals surface area contributed by atoms with Crippen LogP contribution in [-0.4, -0.2) is 21.6 Å². The summed E-state index contributed by atoms with van der Waals surface area (Å²) >= 11 is 0. The van der Waals surface area contributed by atoms with E-state index >= 15 is 0 Å². The Balaban J connectivity index is 3.04. The van der Waals surface area contributed by atoms with E-state index in [9.17, 15) is 4.79 Å². The number of benzene rings is 1. The minimum Gasteiger partial charge on any atom is -0.504 e. The molecule has 0 saturated carbocycles. The van der Waals surface area contributed by atoms with Gasteiger partial charge in [0, 0.05) is 0 Å². The van der Waals surface area contributed by atoms with Crippen LogP contribution in [0, 0.1) is 0 Å². The summed E-state index contributed by atoms with van der Waals surface area (Å²) in [5.41, 5.74) is 0.250. The Morgan fingerprint density at radius 2 is 1.92 bits per heavy atom. The molecule has 12 heavy (non-hydrogen) atoms. The van der Waals surface area contributed by atoms with Crippen molar-refractivity contribution in [2.24, 2.45) is 0 Å². The predicted octanol–water partition coefficient (Wildman–Crippen LogP) is 0.330. The maximum Gasteiger partial charge on any atom is 0.157 e. The molecule has 3 N–H and O–H groups in total. The topological polar surface area (TPSA) is 77.8 Å². The third-order valence-corrected chi connectivity index (χ3v) is 1.47. The number of phenols is 2. The van der Waals surface area contributed by atoms with Crippen LogP contribution in [0.25, 0.3) is 0 Å². The lowest BCUT2D eigenvalue weighted by atomic mass is 10.1. The number of hydrogen-bond donors (Lipinski definition) is 3. The maximum atomic E-state index is 10.1. The van der Waals surface area contributed by atoms with Crippen LogP contribution in [0.3, 0.4) is 0 Å². The molecule has 0 amide bonds. The number of carbonyl (C=O) groups is 1. The quantitative estimate of drug-likeness (QED) is 0.439. The standard InChI is InChI=1S/C8H8O4/c9-4-8(12)5-1-2-6(10)7(11)3-5/h1-4,8,10-12H/t8-/m1/s1. The highest BCUT2D eigenvalue weighted by Crippen LogP contribution is 2.26. The van der Waals surface area contributed by atoms with Crippen LogP contribution in [0.15, 0.2) is 18.2 Å². The Labute approximate surface area is 68.7 Å². The molecule has 0 aromatic heterocycles. The lowest BCUT2D eigenvalue weighted by Gasteiger charge is -2.04. The number of rotatable bonds is 2. The van der Waals surface area contributed by atoms with Gasteiger partial charge in [0.2, 0.25) is 0 Å². The summed E-state index contributed by atoms with van der Waals surface area (Å²) in [7, 11) is 0. The summed E-state index contributed by atoms with van der Waals surface area (Å²) in [5, 5.41) is 26.8. The smallest absolute Gasteiger partial charge is 0.157 e. The molecule has 1 aromatic rings. The van der Waals surface area contributed by atoms with Crippen molar-refractivity contribution in [1.82, 2.24) is 0 Å². The Bertz CT molecular complexity index is 295. The van der Waals surface area contributed by atoms with E-state index < -0.39 is 6.10 Å². The van der Waals surface area contributed by atoms with E-state index in [1.807, 2.05) is 0 Å². The van der Waals surface area contributed by atoms with Crippen LogP contribution in [0.2, 0.25) is 0 Å². The first-order valence-electron chi connectivity index (χ1n) is 3.30. The van der Waals surface area contributed by atoms with E-state index in [-0.39, 0.29) is 17.1 Å². The van der Waals surface area contributed by atoms with Gasteiger partial charge >= 0.3 is 0 Å². The molecule has 0 spiro atoms. The van der Waals surface area contributed by atoms with Crippen LogP contribution in [0.4, 0.5) is 0 Å². The van der Waals surface area contributed by atoms with Gasteiger partial charge in [-0.2, -0.15) is 0 Å². The molecule has 1 rings (SSSR count). The van der Waals surface area contributed by atoms with Crippen LogP contribution < -0.4 is 0 Å². The Morgan fingerprint density at radius 3 is 2.42 bits per heavy atom. The van der Waals surface area contributed by atoms with Crippen LogP contribution in [0.1, 0.15) is 11.7 Å². The van der Waals surface area contributed by atoms with Gasteiger partial charge in [-0.3, -0.25) is 0 Å². The second-order valence-electron chi connectivity index (χ2n) is 2.33. The zero-order valence-electron chi connectivity index (χ0n) is 6.14. The van der Waals surface area contributed by atoms with Crippen LogP contribution in [-0.2, 0) is 4.79 Å². The molecular weight excluding hydrogens is 160 g/mol. The number of aldehydes is 1. The van der Waals surface area contributed by atoms with Gasteiger partial charge in [-0.1, -0.05) is 6.07 Å². The molecule has 4 nitrogen and oxygen atoms in total. The van der Waals surface area contributed by atoms with Gasteiger partial charge in [-0.05, 0) is 17.7 Å². The van der Waals surface area contributed by atoms with E-state index in [4.69, 9.17) is 15.3 Å². The fraction of sp³-hybridized carbons (Fsp3) is 0.125. The molecule has 1 aromatic carbocycles.